The molecule has 0 spiro atoms. The molecule has 0 fully saturated rings. The molecule has 0 saturated carbocycles. The molecule has 0 aliphatic heterocycles. The lowest BCUT2D eigenvalue weighted by Crippen LogP contribution is -2.19. The van der Waals surface area contributed by atoms with E-state index < -0.39 is 0 Å². The van der Waals surface area contributed by atoms with Crippen LogP contribution in [0.4, 0.5) is 4.39 Å². The first-order valence-electron chi connectivity index (χ1n) is 6.13. The fourth-order valence-electron chi connectivity index (χ4n) is 2.15. The highest BCUT2D eigenvalue weighted by Gasteiger charge is 2.14. The van der Waals surface area contributed by atoms with E-state index in [9.17, 15) is 4.39 Å². The summed E-state index contributed by atoms with van der Waals surface area (Å²) in [6, 6.07) is 3.20. The molecular weight excluding hydrogens is 233 g/mol. The zero-order valence-corrected chi connectivity index (χ0v) is 11.5. The summed E-state index contributed by atoms with van der Waals surface area (Å²) in [4.78, 5) is 0. The van der Waals surface area contributed by atoms with Crippen molar-refractivity contribution < 1.29 is 13.9 Å². The highest BCUT2D eigenvalue weighted by atomic mass is 19.1. The first-order valence-corrected chi connectivity index (χ1v) is 6.13. The largest absolute Gasteiger partial charge is 0.493 e. The van der Waals surface area contributed by atoms with Gasteiger partial charge in [-0.3, -0.25) is 0 Å². The summed E-state index contributed by atoms with van der Waals surface area (Å²) in [5.41, 5.74) is 6.39. The van der Waals surface area contributed by atoms with E-state index in [4.69, 9.17) is 15.2 Å². The van der Waals surface area contributed by atoms with Crippen LogP contribution in [0.15, 0.2) is 12.1 Å². The molecule has 18 heavy (non-hydrogen) atoms. The average molecular weight is 255 g/mol. The second kappa shape index (κ2) is 6.59. The van der Waals surface area contributed by atoms with Crippen LogP contribution in [0.5, 0.6) is 11.5 Å². The van der Waals surface area contributed by atoms with E-state index in [0.29, 0.717) is 29.4 Å². The average Bonchev–Trinajstić information content (AvgIpc) is 2.30. The fraction of sp³-hybridized carbons (Fsp3) is 0.571. The molecule has 3 nitrogen and oxygen atoms in total. The van der Waals surface area contributed by atoms with Gasteiger partial charge in [0.1, 0.15) is 5.82 Å². The molecule has 4 heteroatoms. The molecular formula is C14H22FNO2. The summed E-state index contributed by atoms with van der Waals surface area (Å²) in [6.07, 6.45) is 1.52. The van der Waals surface area contributed by atoms with Gasteiger partial charge in [0.25, 0.3) is 0 Å². The molecule has 2 N–H and O–H groups in total. The van der Waals surface area contributed by atoms with Gasteiger partial charge in [0.15, 0.2) is 11.5 Å². The van der Waals surface area contributed by atoms with E-state index in [1.54, 1.807) is 13.2 Å². The summed E-state index contributed by atoms with van der Waals surface area (Å²) in [5.74, 6) is 1.04. The quantitative estimate of drug-likeness (QED) is 0.850. The summed E-state index contributed by atoms with van der Waals surface area (Å²) in [6.45, 7) is 4.03. The van der Waals surface area contributed by atoms with E-state index in [0.717, 1.165) is 6.42 Å². The second-order valence-corrected chi connectivity index (χ2v) is 4.82. The Labute approximate surface area is 108 Å². The number of methoxy groups -OCH3 is 2. The first-order chi connectivity index (χ1) is 8.47. The Bertz CT molecular complexity index is 394. The normalized spacial score (nSPS) is 14.1. The lowest BCUT2D eigenvalue weighted by molar-refractivity contribution is 0.350. The van der Waals surface area contributed by atoms with Gasteiger partial charge in [0.05, 0.1) is 14.2 Å². The van der Waals surface area contributed by atoms with Gasteiger partial charge in [-0.25, -0.2) is 4.39 Å². The third kappa shape index (κ3) is 3.88. The Kier molecular flexibility index (Phi) is 5.41. The standard InChI is InChI=1S/C14H22FNO2/c1-9(5-10(2)16)6-11-7-13(17-3)14(18-4)8-12(11)15/h7-10H,5-6,16H2,1-4H3. The minimum atomic E-state index is -0.260. The SMILES string of the molecule is COc1cc(F)c(CC(C)CC(C)N)cc1OC. The van der Waals surface area contributed by atoms with Gasteiger partial charge in [0.2, 0.25) is 0 Å². The monoisotopic (exact) mass is 255 g/mol. The Morgan fingerprint density at radius 1 is 1.17 bits per heavy atom. The van der Waals surface area contributed by atoms with Gasteiger partial charge in [0, 0.05) is 12.1 Å². The predicted molar refractivity (Wildman–Crippen MR) is 70.6 cm³/mol. The van der Waals surface area contributed by atoms with Crippen molar-refractivity contribution in [2.45, 2.75) is 32.7 Å². The summed E-state index contributed by atoms with van der Waals surface area (Å²) >= 11 is 0. The summed E-state index contributed by atoms with van der Waals surface area (Å²) in [7, 11) is 3.04. The van der Waals surface area contributed by atoms with Crippen LogP contribution in [0.25, 0.3) is 0 Å². The molecule has 1 rings (SSSR count). The number of benzene rings is 1. The fourth-order valence-corrected chi connectivity index (χ4v) is 2.15. The van der Waals surface area contributed by atoms with Crippen LogP contribution in [0.2, 0.25) is 0 Å². The first kappa shape index (κ1) is 14.8. The van der Waals surface area contributed by atoms with E-state index >= 15 is 0 Å². The topological polar surface area (TPSA) is 44.5 Å². The highest BCUT2D eigenvalue weighted by molar-refractivity contribution is 5.43. The lowest BCUT2D eigenvalue weighted by atomic mass is 9.95. The Morgan fingerprint density at radius 2 is 1.72 bits per heavy atom. The summed E-state index contributed by atoms with van der Waals surface area (Å²) in [5, 5.41) is 0. The van der Waals surface area contributed by atoms with Gasteiger partial charge in [-0.2, -0.15) is 0 Å². The second-order valence-electron chi connectivity index (χ2n) is 4.82. The van der Waals surface area contributed by atoms with Crippen LogP contribution in [-0.2, 0) is 6.42 Å². The zero-order valence-electron chi connectivity index (χ0n) is 11.5. The molecule has 0 amide bonds. The molecule has 1 aromatic carbocycles. The maximum atomic E-state index is 13.9. The van der Waals surface area contributed by atoms with Crippen molar-refractivity contribution in [1.82, 2.24) is 0 Å². The molecule has 2 atom stereocenters. The van der Waals surface area contributed by atoms with Crippen LogP contribution in [-0.4, -0.2) is 20.3 Å². The molecule has 0 radical (unpaired) electrons. The van der Waals surface area contributed by atoms with Gasteiger partial charge in [-0.05, 0) is 37.3 Å². The van der Waals surface area contributed by atoms with Crippen LogP contribution in [0.3, 0.4) is 0 Å². The van der Waals surface area contributed by atoms with E-state index in [1.165, 1.54) is 13.2 Å². The van der Waals surface area contributed by atoms with E-state index in [2.05, 4.69) is 6.92 Å². The molecule has 102 valence electrons. The van der Waals surface area contributed by atoms with Gasteiger partial charge >= 0.3 is 0 Å². The van der Waals surface area contributed by atoms with Crippen molar-refractivity contribution in [1.29, 1.82) is 0 Å². The lowest BCUT2D eigenvalue weighted by Gasteiger charge is -2.16. The molecule has 0 saturated heterocycles. The molecule has 0 bridgehead atoms. The van der Waals surface area contributed by atoms with Gasteiger partial charge < -0.3 is 15.2 Å². The van der Waals surface area contributed by atoms with Crippen LogP contribution < -0.4 is 15.2 Å². The number of hydrogen-bond donors (Lipinski definition) is 1. The van der Waals surface area contributed by atoms with Crippen LogP contribution in [0, 0.1) is 11.7 Å². The third-order valence-corrected chi connectivity index (χ3v) is 2.90. The molecule has 2 unspecified atom stereocenters. The Morgan fingerprint density at radius 3 is 2.22 bits per heavy atom. The molecule has 1 aromatic rings. The van der Waals surface area contributed by atoms with Crippen molar-refractivity contribution in [3.63, 3.8) is 0 Å². The van der Waals surface area contributed by atoms with Crippen molar-refractivity contribution in [2.24, 2.45) is 11.7 Å². The minimum Gasteiger partial charge on any atom is -0.493 e. The van der Waals surface area contributed by atoms with Gasteiger partial charge in [-0.1, -0.05) is 6.92 Å². The smallest absolute Gasteiger partial charge is 0.163 e. The summed E-state index contributed by atoms with van der Waals surface area (Å²) < 4.78 is 24.1. The van der Waals surface area contributed by atoms with Crippen molar-refractivity contribution in [3.8, 4) is 11.5 Å². The third-order valence-electron chi connectivity index (χ3n) is 2.90. The van der Waals surface area contributed by atoms with Crippen molar-refractivity contribution in [3.05, 3.63) is 23.5 Å². The zero-order chi connectivity index (χ0) is 13.7. The molecule has 0 aliphatic rings. The van der Waals surface area contributed by atoms with Crippen LogP contribution >= 0.6 is 0 Å². The number of nitrogens with two attached hydrogens (primary N) is 1. The maximum absolute atomic E-state index is 13.9. The van der Waals surface area contributed by atoms with Crippen molar-refractivity contribution >= 4 is 0 Å². The predicted octanol–water partition coefficient (Wildman–Crippen LogP) is 2.76. The number of rotatable bonds is 6. The Balaban J connectivity index is 2.89. The van der Waals surface area contributed by atoms with E-state index in [-0.39, 0.29) is 11.9 Å². The van der Waals surface area contributed by atoms with Gasteiger partial charge in [-0.15, -0.1) is 0 Å². The Hall–Kier alpha value is -1.29. The van der Waals surface area contributed by atoms with Crippen molar-refractivity contribution in [2.75, 3.05) is 14.2 Å². The number of halogens is 1. The minimum absolute atomic E-state index is 0.128. The van der Waals surface area contributed by atoms with Crippen LogP contribution in [0.1, 0.15) is 25.8 Å². The molecule has 0 heterocycles. The highest BCUT2D eigenvalue weighted by Crippen LogP contribution is 2.31. The number of ether oxygens (including phenoxy) is 2. The number of hydrogen-bond acceptors (Lipinski definition) is 3. The van der Waals surface area contributed by atoms with E-state index in [1.807, 2.05) is 6.92 Å². The maximum Gasteiger partial charge on any atom is 0.163 e. The molecule has 0 aromatic heterocycles. The molecule has 0 aliphatic carbocycles.